The van der Waals surface area contributed by atoms with Gasteiger partial charge in [0, 0.05) is 22.9 Å². The molecule has 2 aromatic rings. The molecule has 1 aliphatic heterocycles. The molecule has 7 nitrogen and oxygen atoms in total. The molecule has 6 rings (SSSR count). The summed E-state index contributed by atoms with van der Waals surface area (Å²) in [6.07, 6.45) is 4.19. The highest BCUT2D eigenvalue weighted by Gasteiger charge is 2.70. The number of benzene rings is 2. The largest absolute Gasteiger partial charge is 0.459 e. The first-order valence-corrected chi connectivity index (χ1v) is 12.8. The van der Waals surface area contributed by atoms with Gasteiger partial charge in [0.25, 0.3) is 0 Å². The van der Waals surface area contributed by atoms with Crippen LogP contribution in [0.15, 0.2) is 42.5 Å². The van der Waals surface area contributed by atoms with Gasteiger partial charge in [0.2, 0.25) is 0 Å². The summed E-state index contributed by atoms with van der Waals surface area (Å²) in [4.78, 5) is 38.9. The van der Waals surface area contributed by atoms with E-state index in [9.17, 15) is 14.4 Å². The van der Waals surface area contributed by atoms with E-state index in [1.165, 1.54) is 0 Å². The van der Waals surface area contributed by atoms with Crippen LogP contribution in [0.4, 0.5) is 5.69 Å². The van der Waals surface area contributed by atoms with Crippen molar-refractivity contribution in [3.05, 3.63) is 42.5 Å². The Morgan fingerprint density at radius 2 is 1.86 bits per heavy atom. The van der Waals surface area contributed by atoms with Crippen LogP contribution >= 0.6 is 0 Å². The molecule has 3 saturated carbocycles. The minimum atomic E-state index is -0.608. The molecule has 2 aromatic carbocycles. The average Bonchev–Trinajstić information content (AvgIpc) is 3.61. The fourth-order valence-electron chi connectivity index (χ4n) is 7.04. The van der Waals surface area contributed by atoms with Crippen molar-refractivity contribution in [2.24, 2.45) is 23.7 Å². The summed E-state index contributed by atoms with van der Waals surface area (Å²) in [5, 5.41) is 5.28. The number of fused-ring (bicyclic) bond motifs is 2. The topological polar surface area (TPSA) is 90.9 Å². The molecule has 35 heavy (non-hydrogen) atoms. The molecule has 0 aromatic heterocycles. The molecule has 1 saturated heterocycles. The van der Waals surface area contributed by atoms with Crippen molar-refractivity contribution >= 4 is 34.4 Å². The lowest BCUT2D eigenvalue weighted by Gasteiger charge is -2.34. The zero-order valence-electron chi connectivity index (χ0n) is 19.9. The van der Waals surface area contributed by atoms with Gasteiger partial charge in [-0.3, -0.25) is 14.4 Å². The molecule has 184 valence electrons. The van der Waals surface area contributed by atoms with Crippen LogP contribution in [0.1, 0.15) is 45.4 Å². The number of anilines is 1. The lowest BCUT2D eigenvalue weighted by atomic mass is 9.78. The van der Waals surface area contributed by atoms with Crippen molar-refractivity contribution in [1.82, 2.24) is 0 Å². The van der Waals surface area contributed by atoms with Gasteiger partial charge in [-0.2, -0.15) is 0 Å². The molecule has 3 aliphatic carbocycles. The molecule has 6 unspecified atom stereocenters. The monoisotopic (exact) mass is 477 g/mol. The minimum absolute atomic E-state index is 0.0138. The number of nitrogens with one attached hydrogen (secondary N) is 1. The third kappa shape index (κ3) is 3.67. The Hall–Kier alpha value is -3.09. The quantitative estimate of drug-likeness (QED) is 0.471. The van der Waals surface area contributed by atoms with Gasteiger partial charge in [0.05, 0.1) is 11.8 Å². The minimum Gasteiger partial charge on any atom is -0.459 e. The van der Waals surface area contributed by atoms with Crippen LogP contribution in [0, 0.1) is 23.7 Å². The maximum atomic E-state index is 13.4. The Kier molecular flexibility index (Phi) is 5.46. The van der Waals surface area contributed by atoms with Crippen LogP contribution in [-0.4, -0.2) is 42.3 Å². The smallest absolute Gasteiger partial charge is 0.325 e. The Labute approximate surface area is 204 Å². The molecule has 4 fully saturated rings. The molecular weight excluding hydrogens is 446 g/mol. The maximum absolute atomic E-state index is 13.4. The van der Waals surface area contributed by atoms with E-state index in [0.717, 1.165) is 48.6 Å². The second-order valence-electron chi connectivity index (χ2n) is 10.5. The van der Waals surface area contributed by atoms with Gasteiger partial charge in [0.1, 0.15) is 24.4 Å². The third-order valence-corrected chi connectivity index (χ3v) is 8.77. The van der Waals surface area contributed by atoms with Gasteiger partial charge in [0.15, 0.2) is 0 Å². The summed E-state index contributed by atoms with van der Waals surface area (Å²) >= 11 is 0. The lowest BCUT2D eigenvalue weighted by Crippen LogP contribution is -2.46. The van der Waals surface area contributed by atoms with E-state index >= 15 is 0 Å². The highest BCUT2D eigenvalue weighted by molar-refractivity contribution is 5.94. The third-order valence-electron chi connectivity index (χ3n) is 8.77. The number of esters is 3. The van der Waals surface area contributed by atoms with Gasteiger partial charge >= 0.3 is 17.9 Å². The number of carbonyl (C=O) groups is 3. The Morgan fingerprint density at radius 3 is 2.66 bits per heavy atom. The summed E-state index contributed by atoms with van der Waals surface area (Å²) in [5.74, 6) is -2.51. The molecule has 0 amide bonds. The van der Waals surface area contributed by atoms with Crippen molar-refractivity contribution in [1.29, 1.82) is 0 Å². The lowest BCUT2D eigenvalue weighted by molar-refractivity contribution is -0.174. The van der Waals surface area contributed by atoms with Crippen molar-refractivity contribution < 1.29 is 28.6 Å². The number of carbonyl (C=O) groups excluding carboxylic acids is 3. The number of ether oxygens (including phenoxy) is 3. The summed E-state index contributed by atoms with van der Waals surface area (Å²) in [5.41, 5.74) is 0.429. The van der Waals surface area contributed by atoms with Crippen LogP contribution < -0.4 is 5.32 Å². The first-order chi connectivity index (χ1) is 17.0. The zero-order valence-corrected chi connectivity index (χ0v) is 19.9. The van der Waals surface area contributed by atoms with E-state index in [2.05, 4.69) is 5.32 Å². The van der Waals surface area contributed by atoms with Crippen molar-refractivity contribution in [2.45, 2.75) is 63.3 Å². The molecule has 1 heterocycles. The first-order valence-electron chi connectivity index (χ1n) is 12.8. The Balaban J connectivity index is 1.15. The van der Waals surface area contributed by atoms with Crippen molar-refractivity contribution in [2.75, 3.05) is 11.9 Å². The van der Waals surface area contributed by atoms with Crippen LogP contribution in [0.3, 0.4) is 0 Å². The van der Waals surface area contributed by atoms with Crippen molar-refractivity contribution in [3.8, 4) is 0 Å². The number of hydrogen-bond acceptors (Lipinski definition) is 7. The van der Waals surface area contributed by atoms with E-state index in [1.807, 2.05) is 49.4 Å². The van der Waals surface area contributed by atoms with E-state index in [4.69, 9.17) is 14.2 Å². The first kappa shape index (κ1) is 22.4. The predicted octanol–water partition coefficient (Wildman–Crippen LogP) is 4.24. The fourth-order valence-corrected chi connectivity index (χ4v) is 7.04. The molecule has 0 radical (unpaired) electrons. The molecule has 7 heteroatoms. The van der Waals surface area contributed by atoms with E-state index in [-0.39, 0.29) is 30.3 Å². The molecule has 6 atom stereocenters. The summed E-state index contributed by atoms with van der Waals surface area (Å²) < 4.78 is 17.6. The number of hydrogen-bond donors (Lipinski definition) is 1. The highest BCUT2D eigenvalue weighted by Crippen LogP contribution is 2.59. The normalized spacial score (nSPS) is 32.0. The van der Waals surface area contributed by atoms with Gasteiger partial charge < -0.3 is 19.5 Å². The SMILES string of the molecule is CCC1(OC(=O)C2C3CC4C(OC(=O)C42)C3OC(=O)CNc2cccc3ccccc23)CCCC1. The van der Waals surface area contributed by atoms with E-state index in [0.29, 0.717) is 6.42 Å². The second kappa shape index (κ2) is 8.54. The fraction of sp³-hybridized carbons (Fsp3) is 0.536. The van der Waals surface area contributed by atoms with Crippen LogP contribution in [0.25, 0.3) is 10.8 Å². The number of rotatable bonds is 7. The van der Waals surface area contributed by atoms with Gasteiger partial charge in [-0.15, -0.1) is 0 Å². The van der Waals surface area contributed by atoms with Crippen LogP contribution in [0.5, 0.6) is 0 Å². The molecule has 1 N–H and O–H groups in total. The maximum Gasteiger partial charge on any atom is 0.325 e. The summed E-state index contributed by atoms with van der Waals surface area (Å²) in [6.45, 7) is 2.03. The predicted molar refractivity (Wildman–Crippen MR) is 128 cm³/mol. The van der Waals surface area contributed by atoms with Gasteiger partial charge in [-0.25, -0.2) is 0 Å². The molecule has 4 aliphatic rings. The highest BCUT2D eigenvalue weighted by atomic mass is 16.6. The van der Waals surface area contributed by atoms with Crippen LogP contribution in [-0.2, 0) is 28.6 Å². The van der Waals surface area contributed by atoms with E-state index in [1.54, 1.807) is 0 Å². The Bertz CT molecular complexity index is 1170. The van der Waals surface area contributed by atoms with Crippen LogP contribution in [0.2, 0.25) is 0 Å². The average molecular weight is 478 g/mol. The van der Waals surface area contributed by atoms with Gasteiger partial charge in [-0.05, 0) is 50.0 Å². The molecule has 2 bridgehead atoms. The summed E-state index contributed by atoms with van der Waals surface area (Å²) in [6, 6.07) is 13.8. The second-order valence-corrected chi connectivity index (χ2v) is 10.5. The molecular formula is C28H31NO6. The summed E-state index contributed by atoms with van der Waals surface area (Å²) in [7, 11) is 0. The Morgan fingerprint density at radius 1 is 1.09 bits per heavy atom. The zero-order chi connectivity index (χ0) is 24.2. The van der Waals surface area contributed by atoms with Gasteiger partial charge in [-0.1, -0.05) is 43.3 Å². The van der Waals surface area contributed by atoms with Crippen molar-refractivity contribution in [3.63, 3.8) is 0 Å². The van der Waals surface area contributed by atoms with E-state index < -0.39 is 35.6 Å². The molecule has 0 spiro atoms. The standard InChI is InChI=1S/C28H31NO6/c1-2-28(12-5-6-13-28)35-27(32)23-19-14-18-22(23)26(31)34-25(18)24(19)33-21(30)15-29-20-11-7-9-16-8-3-4-10-17(16)20/h3-4,7-11,18-19,22-25,29H,2,5-6,12-15H2,1H3.